The van der Waals surface area contributed by atoms with Crippen LogP contribution in [0.15, 0.2) is 54.6 Å². The molecule has 2 aromatic carbocycles. The highest BCUT2D eigenvalue weighted by Gasteiger charge is 2.38. The SMILES string of the molecule is COc1ccccc1C(=O)NCC1(c2ccccc2)CCC(CC(=O)NC(CO)C(C)C)CC1. The molecule has 0 bridgehead atoms. The number of ether oxygens (including phenoxy) is 1. The van der Waals surface area contributed by atoms with E-state index in [2.05, 4.69) is 22.8 Å². The summed E-state index contributed by atoms with van der Waals surface area (Å²) >= 11 is 0. The molecule has 1 fully saturated rings. The lowest BCUT2D eigenvalue weighted by atomic mass is 9.66. The van der Waals surface area contributed by atoms with Crippen LogP contribution >= 0.6 is 0 Å². The number of amides is 2. The Labute approximate surface area is 203 Å². The number of benzene rings is 2. The molecule has 3 rings (SSSR count). The molecule has 0 radical (unpaired) electrons. The number of carbonyl (C=O) groups excluding carboxylic acids is 2. The molecule has 2 amide bonds. The number of aliphatic hydroxyl groups is 1. The average molecular weight is 467 g/mol. The molecule has 184 valence electrons. The largest absolute Gasteiger partial charge is 0.496 e. The van der Waals surface area contributed by atoms with Crippen molar-refractivity contribution >= 4 is 11.8 Å². The number of nitrogens with one attached hydrogen (secondary N) is 2. The molecule has 1 saturated carbocycles. The van der Waals surface area contributed by atoms with Gasteiger partial charge in [-0.25, -0.2) is 0 Å². The minimum atomic E-state index is -0.204. The summed E-state index contributed by atoms with van der Waals surface area (Å²) in [6.07, 6.45) is 4.10. The van der Waals surface area contributed by atoms with Crippen LogP contribution in [-0.2, 0) is 10.2 Å². The van der Waals surface area contributed by atoms with Crippen LogP contribution in [0.1, 0.15) is 61.9 Å². The normalized spacial score (nSPS) is 21.0. The zero-order valence-corrected chi connectivity index (χ0v) is 20.5. The van der Waals surface area contributed by atoms with Gasteiger partial charge >= 0.3 is 0 Å². The van der Waals surface area contributed by atoms with E-state index in [-0.39, 0.29) is 35.8 Å². The fraction of sp³-hybridized carbons (Fsp3) is 0.500. The summed E-state index contributed by atoms with van der Waals surface area (Å²) in [7, 11) is 1.57. The zero-order chi connectivity index (χ0) is 24.6. The van der Waals surface area contributed by atoms with E-state index < -0.39 is 0 Å². The number of hydrogen-bond donors (Lipinski definition) is 3. The zero-order valence-electron chi connectivity index (χ0n) is 20.5. The summed E-state index contributed by atoms with van der Waals surface area (Å²) in [6, 6.07) is 17.4. The van der Waals surface area contributed by atoms with Crippen molar-refractivity contribution in [3.8, 4) is 5.75 Å². The monoisotopic (exact) mass is 466 g/mol. The summed E-state index contributed by atoms with van der Waals surface area (Å²) in [5, 5.41) is 15.6. The van der Waals surface area contributed by atoms with E-state index in [0.717, 1.165) is 25.7 Å². The Balaban J connectivity index is 1.66. The van der Waals surface area contributed by atoms with Gasteiger partial charge in [-0.15, -0.1) is 0 Å². The van der Waals surface area contributed by atoms with Gasteiger partial charge < -0.3 is 20.5 Å². The molecule has 0 saturated heterocycles. The van der Waals surface area contributed by atoms with Gasteiger partial charge in [0.05, 0.1) is 25.3 Å². The van der Waals surface area contributed by atoms with Crippen LogP contribution in [0, 0.1) is 11.8 Å². The van der Waals surface area contributed by atoms with Gasteiger partial charge in [-0.2, -0.15) is 0 Å². The van der Waals surface area contributed by atoms with Crippen LogP contribution in [0.25, 0.3) is 0 Å². The van der Waals surface area contributed by atoms with Crippen LogP contribution in [0.4, 0.5) is 0 Å². The van der Waals surface area contributed by atoms with Gasteiger partial charge in [0, 0.05) is 18.4 Å². The van der Waals surface area contributed by atoms with Crippen molar-refractivity contribution in [1.82, 2.24) is 10.6 Å². The Bertz CT molecular complexity index is 936. The molecule has 0 spiro atoms. The summed E-state index contributed by atoms with van der Waals surface area (Å²) in [6.45, 7) is 4.48. The predicted octanol–water partition coefficient (Wildman–Crippen LogP) is 4.08. The van der Waals surface area contributed by atoms with E-state index in [4.69, 9.17) is 4.74 Å². The number of rotatable bonds is 10. The molecule has 2 aromatic rings. The lowest BCUT2D eigenvalue weighted by molar-refractivity contribution is -0.123. The second-order valence-corrected chi connectivity index (χ2v) is 9.78. The topological polar surface area (TPSA) is 87.7 Å². The number of methoxy groups -OCH3 is 1. The quantitative estimate of drug-likeness (QED) is 0.492. The summed E-state index contributed by atoms with van der Waals surface area (Å²) in [4.78, 5) is 25.5. The Morgan fingerprint density at radius 3 is 2.32 bits per heavy atom. The first kappa shape index (κ1) is 25.8. The van der Waals surface area contributed by atoms with E-state index >= 15 is 0 Å². The number of carbonyl (C=O) groups is 2. The van der Waals surface area contributed by atoms with Gasteiger partial charge in [0.25, 0.3) is 5.91 Å². The van der Waals surface area contributed by atoms with Crippen molar-refractivity contribution in [2.24, 2.45) is 11.8 Å². The molecular formula is C28H38N2O4. The minimum Gasteiger partial charge on any atom is -0.496 e. The molecule has 3 N–H and O–H groups in total. The van der Waals surface area contributed by atoms with Crippen LogP contribution in [0.2, 0.25) is 0 Å². The summed E-state index contributed by atoms with van der Waals surface area (Å²) in [5.41, 5.74) is 1.58. The summed E-state index contributed by atoms with van der Waals surface area (Å²) < 4.78 is 5.35. The Morgan fingerprint density at radius 1 is 1.06 bits per heavy atom. The van der Waals surface area contributed by atoms with Crippen molar-refractivity contribution in [3.63, 3.8) is 0 Å². The first-order chi connectivity index (χ1) is 16.4. The standard InChI is InChI=1S/C28H38N2O4/c1-20(2)24(18-31)30-26(32)17-21-13-15-28(16-14-21,22-9-5-4-6-10-22)19-29-27(33)23-11-7-8-12-25(23)34-3/h4-12,20-21,24,31H,13-19H2,1-3H3,(H,29,33)(H,30,32). The van der Waals surface area contributed by atoms with Gasteiger partial charge in [-0.05, 0) is 55.2 Å². The molecule has 34 heavy (non-hydrogen) atoms. The lowest BCUT2D eigenvalue weighted by Gasteiger charge is -2.41. The third kappa shape index (κ3) is 6.38. The molecule has 0 aliphatic heterocycles. The third-order valence-corrected chi connectivity index (χ3v) is 7.21. The molecular weight excluding hydrogens is 428 g/mol. The van der Waals surface area contributed by atoms with Crippen LogP contribution in [0.5, 0.6) is 5.75 Å². The van der Waals surface area contributed by atoms with Crippen LogP contribution in [0.3, 0.4) is 0 Å². The van der Waals surface area contributed by atoms with Gasteiger partial charge in [0.1, 0.15) is 5.75 Å². The highest BCUT2D eigenvalue weighted by Crippen LogP contribution is 2.42. The van der Waals surface area contributed by atoms with Gasteiger partial charge in [0.15, 0.2) is 0 Å². The first-order valence-corrected chi connectivity index (χ1v) is 12.3. The minimum absolute atomic E-state index is 0.00874. The Hall–Kier alpha value is -2.86. The fourth-order valence-corrected chi connectivity index (χ4v) is 4.92. The van der Waals surface area contributed by atoms with Crippen molar-refractivity contribution in [2.75, 3.05) is 20.3 Å². The second-order valence-electron chi connectivity index (χ2n) is 9.78. The first-order valence-electron chi connectivity index (χ1n) is 12.3. The molecule has 1 aliphatic rings. The van der Waals surface area contributed by atoms with Crippen molar-refractivity contribution in [2.45, 2.75) is 57.4 Å². The highest BCUT2D eigenvalue weighted by atomic mass is 16.5. The number of para-hydroxylation sites is 1. The highest BCUT2D eigenvalue weighted by molar-refractivity contribution is 5.97. The van der Waals surface area contributed by atoms with Gasteiger partial charge in [-0.1, -0.05) is 56.3 Å². The molecule has 6 nitrogen and oxygen atoms in total. The fourth-order valence-electron chi connectivity index (χ4n) is 4.92. The molecule has 1 unspecified atom stereocenters. The van der Waals surface area contributed by atoms with Gasteiger partial charge in [0.2, 0.25) is 5.91 Å². The molecule has 1 atom stereocenters. The molecule has 6 heteroatoms. The average Bonchev–Trinajstić information content (AvgIpc) is 2.87. The van der Waals surface area contributed by atoms with Crippen LogP contribution in [-0.4, -0.2) is 43.2 Å². The maximum atomic E-state index is 13.0. The Morgan fingerprint density at radius 2 is 1.71 bits per heavy atom. The predicted molar refractivity (Wildman–Crippen MR) is 134 cm³/mol. The second kappa shape index (κ2) is 12.0. The third-order valence-electron chi connectivity index (χ3n) is 7.21. The van der Waals surface area contributed by atoms with Crippen molar-refractivity contribution in [3.05, 3.63) is 65.7 Å². The van der Waals surface area contributed by atoms with E-state index in [1.165, 1.54) is 5.56 Å². The summed E-state index contributed by atoms with van der Waals surface area (Å²) in [5.74, 6) is 0.921. The van der Waals surface area contributed by atoms with E-state index in [9.17, 15) is 14.7 Å². The maximum Gasteiger partial charge on any atom is 0.255 e. The lowest BCUT2D eigenvalue weighted by Crippen LogP contribution is -2.45. The molecule has 0 heterocycles. The molecule has 0 aromatic heterocycles. The van der Waals surface area contributed by atoms with E-state index in [1.54, 1.807) is 19.2 Å². The molecule has 1 aliphatic carbocycles. The van der Waals surface area contributed by atoms with E-state index in [1.807, 2.05) is 44.2 Å². The number of aliphatic hydroxyl groups excluding tert-OH is 1. The van der Waals surface area contributed by atoms with Crippen molar-refractivity contribution < 1.29 is 19.4 Å². The van der Waals surface area contributed by atoms with Gasteiger partial charge in [-0.3, -0.25) is 9.59 Å². The maximum absolute atomic E-state index is 13.0. The number of hydrogen-bond acceptors (Lipinski definition) is 4. The van der Waals surface area contributed by atoms with Crippen LogP contribution < -0.4 is 15.4 Å². The smallest absolute Gasteiger partial charge is 0.255 e. The van der Waals surface area contributed by atoms with Crippen molar-refractivity contribution in [1.29, 1.82) is 0 Å². The Kier molecular flexibility index (Phi) is 9.11. The van der Waals surface area contributed by atoms with E-state index in [0.29, 0.717) is 30.2 Å².